The van der Waals surface area contributed by atoms with Gasteiger partial charge in [-0.25, -0.2) is 0 Å². The van der Waals surface area contributed by atoms with Gasteiger partial charge in [0.05, 0.1) is 5.69 Å². The third kappa shape index (κ3) is 2.52. The van der Waals surface area contributed by atoms with Crippen LogP contribution in [0, 0.1) is 0 Å². The lowest BCUT2D eigenvalue weighted by Crippen LogP contribution is -2.21. The van der Waals surface area contributed by atoms with Crippen LogP contribution in [0.15, 0.2) is 29.1 Å². The molecule has 0 radical (unpaired) electrons. The SMILES string of the molecule is CC(=O)c1ccc(-c2[nH][nH]c(=O)c2C(C)(C)C)cc1. The van der Waals surface area contributed by atoms with E-state index >= 15 is 0 Å². The van der Waals surface area contributed by atoms with Gasteiger partial charge in [0.2, 0.25) is 0 Å². The molecule has 0 amide bonds. The predicted molar refractivity (Wildman–Crippen MR) is 75.6 cm³/mol. The lowest BCUT2D eigenvalue weighted by atomic mass is 9.85. The first-order chi connectivity index (χ1) is 8.80. The van der Waals surface area contributed by atoms with E-state index in [9.17, 15) is 9.59 Å². The van der Waals surface area contributed by atoms with Gasteiger partial charge in [0.1, 0.15) is 0 Å². The highest BCUT2D eigenvalue weighted by atomic mass is 16.1. The van der Waals surface area contributed by atoms with Crippen LogP contribution in [0.1, 0.15) is 43.6 Å². The molecule has 0 spiro atoms. The number of hydrogen-bond acceptors (Lipinski definition) is 2. The molecule has 0 saturated carbocycles. The summed E-state index contributed by atoms with van der Waals surface area (Å²) in [5, 5.41) is 5.56. The van der Waals surface area contributed by atoms with Crippen LogP contribution >= 0.6 is 0 Å². The van der Waals surface area contributed by atoms with E-state index in [1.165, 1.54) is 6.92 Å². The average molecular weight is 258 g/mol. The molecule has 4 heteroatoms. The van der Waals surface area contributed by atoms with E-state index in [4.69, 9.17) is 0 Å². The Hall–Kier alpha value is -2.10. The molecule has 0 aliphatic heterocycles. The molecule has 2 rings (SSSR count). The Bertz CT molecular complexity index is 655. The number of carbonyl (C=O) groups is 1. The summed E-state index contributed by atoms with van der Waals surface area (Å²) < 4.78 is 0. The number of benzene rings is 1. The minimum Gasteiger partial charge on any atom is -0.297 e. The zero-order chi connectivity index (χ0) is 14.2. The van der Waals surface area contributed by atoms with Crippen LogP contribution in [-0.2, 0) is 5.41 Å². The molecule has 2 aromatic rings. The Morgan fingerprint density at radius 1 is 1.05 bits per heavy atom. The number of aromatic amines is 2. The number of carbonyl (C=O) groups excluding carboxylic acids is 1. The first-order valence-electron chi connectivity index (χ1n) is 6.23. The Labute approximate surface area is 111 Å². The highest BCUT2D eigenvalue weighted by Crippen LogP contribution is 2.28. The summed E-state index contributed by atoms with van der Waals surface area (Å²) in [5.41, 5.74) is 2.73. The first kappa shape index (κ1) is 13.3. The van der Waals surface area contributed by atoms with Gasteiger partial charge in [-0.3, -0.25) is 19.8 Å². The molecular weight excluding hydrogens is 240 g/mol. The minimum absolute atomic E-state index is 0.0326. The van der Waals surface area contributed by atoms with Gasteiger partial charge >= 0.3 is 0 Å². The third-order valence-electron chi connectivity index (χ3n) is 3.11. The zero-order valence-corrected chi connectivity index (χ0v) is 11.6. The summed E-state index contributed by atoms with van der Waals surface area (Å²) in [6.45, 7) is 7.53. The summed E-state index contributed by atoms with van der Waals surface area (Å²) in [4.78, 5) is 23.2. The second-order valence-corrected chi connectivity index (χ2v) is 5.71. The van der Waals surface area contributed by atoms with E-state index in [1.54, 1.807) is 12.1 Å². The van der Waals surface area contributed by atoms with Gasteiger partial charge in [-0.05, 0) is 17.9 Å². The largest absolute Gasteiger partial charge is 0.297 e. The van der Waals surface area contributed by atoms with E-state index in [0.29, 0.717) is 5.56 Å². The lowest BCUT2D eigenvalue weighted by Gasteiger charge is -2.17. The maximum atomic E-state index is 11.9. The van der Waals surface area contributed by atoms with E-state index in [1.807, 2.05) is 32.9 Å². The molecule has 100 valence electrons. The Morgan fingerprint density at radius 2 is 1.63 bits per heavy atom. The Morgan fingerprint density at radius 3 is 2.11 bits per heavy atom. The molecule has 0 aliphatic rings. The number of hydrogen-bond donors (Lipinski definition) is 2. The summed E-state index contributed by atoms with van der Waals surface area (Å²) in [6, 6.07) is 7.25. The summed E-state index contributed by atoms with van der Waals surface area (Å²) in [6.07, 6.45) is 0. The minimum atomic E-state index is -0.248. The van der Waals surface area contributed by atoms with Gasteiger partial charge in [0.15, 0.2) is 5.78 Å². The van der Waals surface area contributed by atoms with Crippen LogP contribution in [0.2, 0.25) is 0 Å². The predicted octanol–water partition coefficient (Wildman–Crippen LogP) is 2.87. The van der Waals surface area contributed by atoms with Gasteiger partial charge in [-0.1, -0.05) is 45.0 Å². The number of ketones is 1. The fraction of sp³-hybridized carbons (Fsp3) is 0.333. The molecule has 0 unspecified atom stereocenters. The van der Waals surface area contributed by atoms with Crippen molar-refractivity contribution in [1.29, 1.82) is 0 Å². The number of aromatic nitrogens is 2. The van der Waals surface area contributed by atoms with Crippen molar-refractivity contribution in [2.75, 3.05) is 0 Å². The molecule has 4 nitrogen and oxygen atoms in total. The fourth-order valence-corrected chi connectivity index (χ4v) is 2.16. The highest BCUT2D eigenvalue weighted by Gasteiger charge is 2.24. The maximum absolute atomic E-state index is 11.9. The van der Waals surface area contributed by atoms with Crippen molar-refractivity contribution in [1.82, 2.24) is 10.2 Å². The smallest absolute Gasteiger partial charge is 0.268 e. The molecule has 1 heterocycles. The van der Waals surface area contributed by atoms with E-state index in [-0.39, 0.29) is 16.8 Å². The number of rotatable bonds is 2. The summed E-state index contributed by atoms with van der Waals surface area (Å²) >= 11 is 0. The van der Waals surface area contributed by atoms with Crippen molar-refractivity contribution < 1.29 is 4.79 Å². The number of H-pyrrole nitrogens is 2. The first-order valence-corrected chi connectivity index (χ1v) is 6.23. The topological polar surface area (TPSA) is 65.7 Å². The van der Waals surface area contributed by atoms with Crippen LogP contribution in [0.3, 0.4) is 0 Å². The zero-order valence-electron chi connectivity index (χ0n) is 11.6. The van der Waals surface area contributed by atoms with Crippen LogP contribution < -0.4 is 5.56 Å². The molecule has 0 aliphatic carbocycles. The van der Waals surface area contributed by atoms with Gasteiger partial charge < -0.3 is 0 Å². The monoisotopic (exact) mass is 258 g/mol. The second kappa shape index (κ2) is 4.53. The second-order valence-electron chi connectivity index (χ2n) is 5.71. The Balaban J connectivity index is 2.54. The average Bonchev–Trinajstić information content (AvgIpc) is 2.71. The normalized spacial score (nSPS) is 11.6. The standard InChI is InChI=1S/C15H18N2O2/c1-9(18)10-5-7-11(8-6-10)13-12(15(2,3)4)14(19)17-16-13/h5-8H,1-4H3,(H2,16,17,19). The van der Waals surface area contributed by atoms with Crippen LogP contribution in [0.4, 0.5) is 0 Å². The van der Waals surface area contributed by atoms with E-state index in [2.05, 4.69) is 10.2 Å². The van der Waals surface area contributed by atoms with Crippen molar-refractivity contribution in [3.63, 3.8) is 0 Å². The van der Waals surface area contributed by atoms with Crippen molar-refractivity contribution in [3.8, 4) is 11.3 Å². The van der Waals surface area contributed by atoms with Gasteiger partial charge in [0.25, 0.3) is 5.56 Å². The third-order valence-corrected chi connectivity index (χ3v) is 3.11. The molecule has 0 saturated heterocycles. The van der Waals surface area contributed by atoms with E-state index < -0.39 is 0 Å². The van der Waals surface area contributed by atoms with Crippen molar-refractivity contribution in [2.24, 2.45) is 0 Å². The quantitative estimate of drug-likeness (QED) is 0.813. The van der Waals surface area contributed by atoms with Crippen LogP contribution in [-0.4, -0.2) is 16.0 Å². The van der Waals surface area contributed by atoms with Crippen LogP contribution in [0.25, 0.3) is 11.3 Å². The van der Waals surface area contributed by atoms with Gasteiger partial charge in [-0.15, -0.1) is 0 Å². The van der Waals surface area contributed by atoms with Gasteiger partial charge in [0, 0.05) is 11.1 Å². The molecule has 1 aromatic heterocycles. The fourth-order valence-electron chi connectivity index (χ4n) is 2.16. The van der Waals surface area contributed by atoms with Crippen molar-refractivity contribution in [2.45, 2.75) is 33.1 Å². The van der Waals surface area contributed by atoms with Crippen LogP contribution in [0.5, 0.6) is 0 Å². The molecule has 0 fully saturated rings. The highest BCUT2D eigenvalue weighted by molar-refractivity contribution is 5.94. The molecular formula is C15H18N2O2. The molecule has 19 heavy (non-hydrogen) atoms. The maximum Gasteiger partial charge on any atom is 0.268 e. The number of nitrogens with one attached hydrogen (secondary N) is 2. The molecule has 0 atom stereocenters. The lowest BCUT2D eigenvalue weighted by molar-refractivity contribution is 0.101. The van der Waals surface area contributed by atoms with Crippen molar-refractivity contribution >= 4 is 5.78 Å². The summed E-state index contributed by atoms with van der Waals surface area (Å²) in [7, 11) is 0. The van der Waals surface area contributed by atoms with Gasteiger partial charge in [-0.2, -0.15) is 0 Å². The molecule has 0 bridgehead atoms. The molecule has 1 aromatic carbocycles. The molecule has 2 N–H and O–H groups in total. The van der Waals surface area contributed by atoms with E-state index in [0.717, 1.165) is 16.8 Å². The Kier molecular flexibility index (Phi) is 3.18. The van der Waals surface area contributed by atoms with Crippen molar-refractivity contribution in [3.05, 3.63) is 45.7 Å². The summed E-state index contributed by atoms with van der Waals surface area (Å²) in [5.74, 6) is 0.0326. The number of Topliss-reactive ketones (excluding diaryl/α,β-unsaturated/α-hetero) is 1.